The minimum absolute atomic E-state index is 0.433. The second-order valence-corrected chi connectivity index (χ2v) is 5.19. The van der Waals surface area contributed by atoms with Crippen molar-refractivity contribution in [2.24, 2.45) is 17.6 Å². The van der Waals surface area contributed by atoms with E-state index in [1.165, 1.54) is 44.9 Å². The van der Waals surface area contributed by atoms with Gasteiger partial charge >= 0.3 is 0 Å². The van der Waals surface area contributed by atoms with Gasteiger partial charge in [0.15, 0.2) is 0 Å². The molecule has 2 N–H and O–H groups in total. The monoisotopic (exact) mass is 193 g/mol. The summed E-state index contributed by atoms with van der Waals surface area (Å²) in [6, 6.07) is 0.433. The Morgan fingerprint density at radius 1 is 1.21 bits per heavy atom. The molecular formula is C13H23N. The van der Waals surface area contributed by atoms with Crippen molar-refractivity contribution in [3.8, 4) is 0 Å². The zero-order valence-electron chi connectivity index (χ0n) is 9.34. The molecule has 3 atom stereocenters. The lowest BCUT2D eigenvalue weighted by atomic mass is 9.94. The summed E-state index contributed by atoms with van der Waals surface area (Å²) in [5.74, 6) is 1.65. The fourth-order valence-corrected chi connectivity index (χ4v) is 2.51. The van der Waals surface area contributed by atoms with E-state index >= 15 is 0 Å². The second kappa shape index (κ2) is 4.48. The number of nitrogens with two attached hydrogens (primary N) is 1. The van der Waals surface area contributed by atoms with Crippen molar-refractivity contribution in [2.45, 2.75) is 57.9 Å². The average molecular weight is 193 g/mol. The lowest BCUT2D eigenvalue weighted by molar-refractivity contribution is 0.417. The molecule has 80 valence electrons. The molecule has 1 nitrogen and oxygen atoms in total. The summed E-state index contributed by atoms with van der Waals surface area (Å²) in [6.45, 7) is 2.30. The summed E-state index contributed by atoms with van der Waals surface area (Å²) >= 11 is 0. The fraction of sp³-hybridized carbons (Fsp3) is 0.846. The summed E-state index contributed by atoms with van der Waals surface area (Å²) in [6.07, 6.45) is 11.9. The molecule has 0 aliphatic heterocycles. The molecule has 0 aromatic carbocycles. The van der Waals surface area contributed by atoms with Gasteiger partial charge in [-0.05, 0) is 37.5 Å². The Kier molecular flexibility index (Phi) is 3.27. The molecule has 2 aliphatic rings. The Labute approximate surface area is 87.8 Å². The summed E-state index contributed by atoms with van der Waals surface area (Å²) in [4.78, 5) is 0. The van der Waals surface area contributed by atoms with Crippen LogP contribution in [0.5, 0.6) is 0 Å². The van der Waals surface area contributed by atoms with Crippen molar-refractivity contribution in [1.29, 1.82) is 0 Å². The lowest BCUT2D eigenvalue weighted by Crippen LogP contribution is -2.27. The van der Waals surface area contributed by atoms with Crippen LogP contribution in [0.4, 0.5) is 0 Å². The van der Waals surface area contributed by atoms with E-state index in [0.717, 1.165) is 5.92 Å². The third-order valence-electron chi connectivity index (χ3n) is 3.92. The van der Waals surface area contributed by atoms with E-state index in [-0.39, 0.29) is 0 Å². The number of hydrogen-bond acceptors (Lipinski definition) is 1. The van der Waals surface area contributed by atoms with Crippen LogP contribution in [-0.4, -0.2) is 6.04 Å². The van der Waals surface area contributed by atoms with Gasteiger partial charge in [-0.2, -0.15) is 0 Å². The quantitative estimate of drug-likeness (QED) is 0.587. The highest BCUT2D eigenvalue weighted by Crippen LogP contribution is 2.42. The first-order valence-corrected chi connectivity index (χ1v) is 6.22. The fourth-order valence-electron chi connectivity index (χ4n) is 2.51. The molecule has 1 heteroatoms. The van der Waals surface area contributed by atoms with Gasteiger partial charge in [-0.3, -0.25) is 0 Å². The number of hydrogen-bond donors (Lipinski definition) is 1. The molecule has 0 aromatic heterocycles. The van der Waals surface area contributed by atoms with E-state index < -0.39 is 0 Å². The Hall–Kier alpha value is -0.300. The SMILES string of the molecule is CC1CC=C2CC2CCCCCC1N. The van der Waals surface area contributed by atoms with E-state index in [1.54, 1.807) is 5.57 Å². The maximum Gasteiger partial charge on any atom is 0.00674 e. The number of fused-ring (bicyclic) bond motifs is 1. The van der Waals surface area contributed by atoms with Crippen molar-refractivity contribution in [2.75, 3.05) is 0 Å². The van der Waals surface area contributed by atoms with E-state index in [1.807, 2.05) is 0 Å². The second-order valence-electron chi connectivity index (χ2n) is 5.19. The third-order valence-corrected chi connectivity index (χ3v) is 3.92. The van der Waals surface area contributed by atoms with E-state index in [0.29, 0.717) is 12.0 Å². The molecule has 2 aliphatic carbocycles. The van der Waals surface area contributed by atoms with E-state index in [2.05, 4.69) is 13.0 Å². The molecule has 3 unspecified atom stereocenters. The largest absolute Gasteiger partial charge is 0.327 e. The summed E-state index contributed by atoms with van der Waals surface area (Å²) < 4.78 is 0. The zero-order valence-corrected chi connectivity index (χ0v) is 9.34. The van der Waals surface area contributed by atoms with Crippen LogP contribution in [-0.2, 0) is 0 Å². The molecule has 14 heavy (non-hydrogen) atoms. The van der Waals surface area contributed by atoms with E-state index in [9.17, 15) is 0 Å². The zero-order chi connectivity index (χ0) is 9.97. The molecule has 0 heterocycles. The van der Waals surface area contributed by atoms with Gasteiger partial charge < -0.3 is 5.73 Å². The molecule has 0 aromatic rings. The van der Waals surface area contributed by atoms with Crippen molar-refractivity contribution in [3.63, 3.8) is 0 Å². The van der Waals surface area contributed by atoms with Gasteiger partial charge in [-0.25, -0.2) is 0 Å². The molecular weight excluding hydrogens is 170 g/mol. The van der Waals surface area contributed by atoms with Gasteiger partial charge in [0.2, 0.25) is 0 Å². The molecule has 0 bridgehead atoms. The molecule has 2 rings (SSSR count). The van der Waals surface area contributed by atoms with Crippen LogP contribution in [0.2, 0.25) is 0 Å². The van der Waals surface area contributed by atoms with Gasteiger partial charge in [0.25, 0.3) is 0 Å². The summed E-state index contributed by atoms with van der Waals surface area (Å²) in [5, 5.41) is 0. The van der Waals surface area contributed by atoms with Crippen molar-refractivity contribution in [3.05, 3.63) is 11.6 Å². The van der Waals surface area contributed by atoms with Crippen LogP contribution in [0.1, 0.15) is 51.9 Å². The van der Waals surface area contributed by atoms with E-state index in [4.69, 9.17) is 5.73 Å². The predicted octanol–water partition coefficient (Wildman–Crippen LogP) is 3.25. The molecule has 0 spiro atoms. The van der Waals surface area contributed by atoms with Crippen LogP contribution in [0.3, 0.4) is 0 Å². The lowest BCUT2D eigenvalue weighted by Gasteiger charge is -2.17. The first-order chi connectivity index (χ1) is 6.77. The first kappa shape index (κ1) is 10.2. The van der Waals surface area contributed by atoms with Gasteiger partial charge in [0, 0.05) is 6.04 Å². The standard InChI is InChI=1S/C13H23N/c1-10-7-8-12-9-11(12)5-3-2-4-6-13(10)14/h8,10-11,13H,2-7,9,14H2,1H3. The highest BCUT2D eigenvalue weighted by Gasteiger charge is 2.28. The summed E-state index contributed by atoms with van der Waals surface area (Å²) in [7, 11) is 0. The van der Waals surface area contributed by atoms with Crippen LogP contribution >= 0.6 is 0 Å². The average Bonchev–Trinajstić information content (AvgIpc) is 2.91. The van der Waals surface area contributed by atoms with Crippen molar-refractivity contribution in [1.82, 2.24) is 0 Å². The van der Waals surface area contributed by atoms with Gasteiger partial charge in [-0.15, -0.1) is 0 Å². The van der Waals surface area contributed by atoms with Crippen LogP contribution in [0.25, 0.3) is 0 Å². The van der Waals surface area contributed by atoms with Crippen molar-refractivity contribution >= 4 is 0 Å². The molecule has 1 fully saturated rings. The Bertz CT molecular complexity index is 219. The topological polar surface area (TPSA) is 26.0 Å². The van der Waals surface area contributed by atoms with Gasteiger partial charge in [0.05, 0.1) is 0 Å². The van der Waals surface area contributed by atoms with Crippen LogP contribution in [0, 0.1) is 11.8 Å². The van der Waals surface area contributed by atoms with Gasteiger partial charge in [-0.1, -0.05) is 37.8 Å². The van der Waals surface area contributed by atoms with Gasteiger partial charge in [0.1, 0.15) is 0 Å². The Morgan fingerprint density at radius 2 is 2.00 bits per heavy atom. The summed E-state index contributed by atoms with van der Waals surface area (Å²) in [5.41, 5.74) is 7.88. The minimum atomic E-state index is 0.433. The molecule has 1 saturated carbocycles. The van der Waals surface area contributed by atoms with Crippen LogP contribution in [0.15, 0.2) is 11.6 Å². The van der Waals surface area contributed by atoms with Crippen LogP contribution < -0.4 is 5.73 Å². The predicted molar refractivity (Wildman–Crippen MR) is 61.0 cm³/mol. The maximum absolute atomic E-state index is 6.15. The highest BCUT2D eigenvalue weighted by atomic mass is 14.6. The third kappa shape index (κ3) is 2.60. The normalized spacial score (nSPS) is 39.3. The number of allylic oxidation sites excluding steroid dienone is 2. The number of rotatable bonds is 0. The first-order valence-electron chi connectivity index (χ1n) is 6.22. The molecule has 0 saturated heterocycles. The molecule has 0 amide bonds. The Balaban J connectivity index is 1.91. The Morgan fingerprint density at radius 3 is 2.86 bits per heavy atom. The smallest absolute Gasteiger partial charge is 0.00674 e. The molecule has 0 radical (unpaired) electrons. The van der Waals surface area contributed by atoms with Crippen molar-refractivity contribution < 1.29 is 0 Å². The highest BCUT2D eigenvalue weighted by molar-refractivity contribution is 5.23. The minimum Gasteiger partial charge on any atom is -0.327 e. The maximum atomic E-state index is 6.15.